The monoisotopic (exact) mass is 388 g/mol. The molecule has 2 aromatic heterocycles. The molecule has 0 amide bonds. The summed E-state index contributed by atoms with van der Waals surface area (Å²) in [7, 11) is 0. The highest BCUT2D eigenvalue weighted by atomic mass is 35.5. The van der Waals surface area contributed by atoms with Crippen molar-refractivity contribution in [2.45, 2.75) is 32.2 Å². The fourth-order valence-electron chi connectivity index (χ4n) is 2.86. The Morgan fingerprint density at radius 2 is 1.85 bits per heavy atom. The van der Waals surface area contributed by atoms with E-state index >= 15 is 0 Å². The van der Waals surface area contributed by atoms with Gasteiger partial charge in [-0.25, -0.2) is 4.98 Å². The number of ether oxygens (including phenoxy) is 1. The Kier molecular flexibility index (Phi) is 4.94. The molecule has 6 nitrogen and oxygen atoms in total. The van der Waals surface area contributed by atoms with Gasteiger partial charge in [-0.3, -0.25) is 4.79 Å². The van der Waals surface area contributed by atoms with Crippen LogP contribution < -0.4 is 10.5 Å². The predicted molar refractivity (Wildman–Crippen MR) is 89.9 cm³/mol. The molecule has 2 aromatic rings. The third-order valence-corrected chi connectivity index (χ3v) is 4.31. The van der Waals surface area contributed by atoms with Gasteiger partial charge in [0.05, 0.1) is 29.7 Å². The molecule has 0 bridgehead atoms. The van der Waals surface area contributed by atoms with E-state index in [1.165, 1.54) is 6.20 Å². The number of halogens is 4. The lowest BCUT2D eigenvalue weighted by Crippen LogP contribution is -2.46. The van der Waals surface area contributed by atoms with Crippen molar-refractivity contribution < 1.29 is 17.9 Å². The highest BCUT2D eigenvalue weighted by Crippen LogP contribution is 2.29. The predicted octanol–water partition coefficient (Wildman–Crippen LogP) is 2.91. The van der Waals surface area contributed by atoms with Crippen LogP contribution in [0.4, 0.5) is 18.9 Å². The van der Waals surface area contributed by atoms with Crippen LogP contribution in [-0.2, 0) is 10.9 Å². The molecule has 0 aromatic carbocycles. The number of hydrogen-bond donors (Lipinski definition) is 0. The zero-order valence-corrected chi connectivity index (χ0v) is 14.8. The van der Waals surface area contributed by atoms with Gasteiger partial charge in [0.1, 0.15) is 5.02 Å². The number of hydrogen-bond acceptors (Lipinski definition) is 5. The standard InChI is InChI=1S/C16H16ClF3N4O2/c1-9-7-23(8-10(2)26-9)12-6-22-24(15(25)14(12)17)13-4-3-11(5-21-13)16(18,19)20/h3-6,9-10H,7-8H2,1-2H3. The largest absolute Gasteiger partial charge is 0.417 e. The average Bonchev–Trinajstić information content (AvgIpc) is 2.55. The first-order valence-corrected chi connectivity index (χ1v) is 8.26. The molecule has 1 saturated heterocycles. The SMILES string of the molecule is CC1CN(c2cnn(-c3ccc(C(F)(F)F)cn3)c(=O)c2Cl)CC(C)O1. The van der Waals surface area contributed by atoms with Gasteiger partial charge in [0.15, 0.2) is 5.82 Å². The minimum Gasteiger partial charge on any atom is -0.372 e. The molecule has 10 heteroatoms. The maximum Gasteiger partial charge on any atom is 0.417 e. The number of alkyl halides is 3. The summed E-state index contributed by atoms with van der Waals surface area (Å²) in [5, 5.41) is 3.95. The molecule has 1 aliphatic heterocycles. The van der Waals surface area contributed by atoms with E-state index in [4.69, 9.17) is 16.3 Å². The minimum absolute atomic E-state index is 0.0335. The van der Waals surface area contributed by atoms with Gasteiger partial charge in [-0.15, -0.1) is 0 Å². The van der Waals surface area contributed by atoms with E-state index in [1.807, 2.05) is 18.7 Å². The molecule has 0 saturated carbocycles. The van der Waals surface area contributed by atoms with E-state index < -0.39 is 17.3 Å². The summed E-state index contributed by atoms with van der Waals surface area (Å²) in [5.41, 5.74) is -1.10. The number of aromatic nitrogens is 3. The number of morpholine rings is 1. The van der Waals surface area contributed by atoms with Crippen LogP contribution >= 0.6 is 11.6 Å². The van der Waals surface area contributed by atoms with Gasteiger partial charge in [-0.05, 0) is 26.0 Å². The number of nitrogens with zero attached hydrogens (tertiary/aromatic N) is 4. The highest BCUT2D eigenvalue weighted by molar-refractivity contribution is 6.33. The summed E-state index contributed by atoms with van der Waals surface area (Å²) < 4.78 is 44.4. The van der Waals surface area contributed by atoms with Gasteiger partial charge < -0.3 is 9.64 Å². The van der Waals surface area contributed by atoms with Crippen LogP contribution in [-0.4, -0.2) is 40.1 Å². The Bertz CT molecular complexity index is 844. The molecular formula is C16H16ClF3N4O2. The second-order valence-corrected chi connectivity index (χ2v) is 6.50. The summed E-state index contributed by atoms with van der Waals surface area (Å²) in [6.45, 7) is 4.93. The van der Waals surface area contributed by atoms with E-state index in [9.17, 15) is 18.0 Å². The number of anilines is 1. The van der Waals surface area contributed by atoms with Crippen molar-refractivity contribution in [3.05, 3.63) is 45.5 Å². The van der Waals surface area contributed by atoms with Crippen LogP contribution in [0.15, 0.2) is 29.3 Å². The topological polar surface area (TPSA) is 60.2 Å². The Morgan fingerprint density at radius 3 is 2.38 bits per heavy atom. The van der Waals surface area contributed by atoms with Gasteiger partial charge in [0.2, 0.25) is 0 Å². The van der Waals surface area contributed by atoms with Crippen molar-refractivity contribution in [3.8, 4) is 5.82 Å². The third-order valence-electron chi connectivity index (χ3n) is 3.95. The maximum absolute atomic E-state index is 12.6. The molecule has 0 N–H and O–H groups in total. The average molecular weight is 389 g/mol. The Labute approximate surface area is 152 Å². The first-order chi connectivity index (χ1) is 12.2. The minimum atomic E-state index is -4.50. The molecule has 0 spiro atoms. The summed E-state index contributed by atoms with van der Waals surface area (Å²) >= 11 is 6.22. The van der Waals surface area contributed by atoms with Crippen molar-refractivity contribution in [1.29, 1.82) is 0 Å². The second kappa shape index (κ2) is 6.88. The molecule has 3 rings (SSSR count). The zero-order valence-electron chi connectivity index (χ0n) is 14.0. The van der Waals surface area contributed by atoms with Crippen LogP contribution in [0.25, 0.3) is 5.82 Å². The van der Waals surface area contributed by atoms with Crippen molar-refractivity contribution in [2.24, 2.45) is 0 Å². The van der Waals surface area contributed by atoms with Crippen molar-refractivity contribution in [3.63, 3.8) is 0 Å². The van der Waals surface area contributed by atoms with Gasteiger partial charge in [-0.2, -0.15) is 23.0 Å². The van der Waals surface area contributed by atoms with Crippen molar-refractivity contribution in [2.75, 3.05) is 18.0 Å². The van der Waals surface area contributed by atoms with E-state index in [-0.39, 0.29) is 23.0 Å². The molecule has 1 aliphatic rings. The lowest BCUT2D eigenvalue weighted by Gasteiger charge is -2.36. The van der Waals surface area contributed by atoms with Crippen LogP contribution in [0.5, 0.6) is 0 Å². The lowest BCUT2D eigenvalue weighted by atomic mass is 10.2. The first kappa shape index (κ1) is 18.7. The molecule has 26 heavy (non-hydrogen) atoms. The molecule has 140 valence electrons. The van der Waals surface area contributed by atoms with Crippen molar-refractivity contribution >= 4 is 17.3 Å². The molecular weight excluding hydrogens is 373 g/mol. The van der Waals surface area contributed by atoms with E-state index in [2.05, 4.69) is 10.1 Å². The van der Waals surface area contributed by atoms with Gasteiger partial charge in [-0.1, -0.05) is 11.6 Å². The molecule has 0 aliphatic carbocycles. The third kappa shape index (κ3) is 3.68. The van der Waals surface area contributed by atoms with E-state index in [0.29, 0.717) is 25.0 Å². The summed E-state index contributed by atoms with van der Waals surface area (Å²) in [6.07, 6.45) is -2.51. The molecule has 0 radical (unpaired) electrons. The molecule has 2 unspecified atom stereocenters. The summed E-state index contributed by atoms with van der Waals surface area (Å²) in [6, 6.07) is 1.91. The van der Waals surface area contributed by atoms with Crippen LogP contribution in [0, 0.1) is 0 Å². The van der Waals surface area contributed by atoms with E-state index in [1.54, 1.807) is 0 Å². The Hall–Kier alpha value is -2.13. The summed E-state index contributed by atoms with van der Waals surface area (Å²) in [5.74, 6) is -0.0415. The van der Waals surface area contributed by atoms with Gasteiger partial charge in [0.25, 0.3) is 5.56 Å². The zero-order chi connectivity index (χ0) is 19.1. The quantitative estimate of drug-likeness (QED) is 0.791. The molecule has 1 fully saturated rings. The second-order valence-electron chi connectivity index (χ2n) is 6.13. The Balaban J connectivity index is 1.94. The number of pyridine rings is 1. The molecule has 2 atom stereocenters. The normalized spacial score (nSPS) is 21.1. The van der Waals surface area contributed by atoms with Crippen LogP contribution in [0.2, 0.25) is 5.02 Å². The van der Waals surface area contributed by atoms with Gasteiger partial charge in [0, 0.05) is 19.3 Å². The number of rotatable bonds is 2. The highest BCUT2D eigenvalue weighted by Gasteiger charge is 2.31. The summed E-state index contributed by atoms with van der Waals surface area (Å²) in [4.78, 5) is 18.1. The maximum atomic E-state index is 12.6. The van der Waals surface area contributed by atoms with Crippen LogP contribution in [0.3, 0.4) is 0 Å². The first-order valence-electron chi connectivity index (χ1n) is 7.88. The Morgan fingerprint density at radius 1 is 1.19 bits per heavy atom. The fraction of sp³-hybridized carbons (Fsp3) is 0.438. The van der Waals surface area contributed by atoms with Crippen LogP contribution in [0.1, 0.15) is 19.4 Å². The van der Waals surface area contributed by atoms with Gasteiger partial charge >= 0.3 is 6.18 Å². The molecule has 3 heterocycles. The fourth-order valence-corrected chi connectivity index (χ4v) is 3.11. The smallest absolute Gasteiger partial charge is 0.372 e. The van der Waals surface area contributed by atoms with Crippen molar-refractivity contribution in [1.82, 2.24) is 14.8 Å². The lowest BCUT2D eigenvalue weighted by molar-refractivity contribution is -0.137. The van der Waals surface area contributed by atoms with E-state index in [0.717, 1.165) is 16.8 Å².